The molecule has 0 saturated carbocycles. The van der Waals surface area contributed by atoms with E-state index in [0.29, 0.717) is 30.1 Å². The van der Waals surface area contributed by atoms with E-state index in [1.165, 1.54) is 12.1 Å². The summed E-state index contributed by atoms with van der Waals surface area (Å²) in [6, 6.07) is 11.9. The number of rotatable bonds is 13. The lowest BCUT2D eigenvalue weighted by Crippen LogP contribution is -2.49. The maximum absolute atomic E-state index is 13.7. The minimum absolute atomic E-state index is 0.00139. The van der Waals surface area contributed by atoms with Crippen LogP contribution in [0.5, 0.6) is 11.5 Å². The highest BCUT2D eigenvalue weighted by Crippen LogP contribution is 2.27. The van der Waals surface area contributed by atoms with Crippen LogP contribution < -0.4 is 15.0 Å². The molecule has 0 radical (unpaired) electrons. The minimum atomic E-state index is -4.10. The van der Waals surface area contributed by atoms with Crippen LogP contribution in [-0.2, 0) is 21.4 Å². The van der Waals surface area contributed by atoms with Crippen LogP contribution in [0.1, 0.15) is 32.3 Å². The van der Waals surface area contributed by atoms with Gasteiger partial charge in [-0.1, -0.05) is 32.1 Å². The average Bonchev–Trinajstić information content (AvgIpc) is 2.81. The summed E-state index contributed by atoms with van der Waals surface area (Å²) < 4.78 is 39.2. The van der Waals surface area contributed by atoms with Crippen molar-refractivity contribution in [3.8, 4) is 11.5 Å². The zero-order valence-electron chi connectivity index (χ0n) is 19.2. The number of carbonyl (C=O) groups excluding carboxylic acids is 1. The van der Waals surface area contributed by atoms with Gasteiger partial charge in [-0.15, -0.1) is 6.58 Å². The van der Waals surface area contributed by atoms with Gasteiger partial charge in [0, 0.05) is 6.54 Å². The number of benzene rings is 2. The van der Waals surface area contributed by atoms with Gasteiger partial charge >= 0.3 is 0 Å². The summed E-state index contributed by atoms with van der Waals surface area (Å²) in [6.45, 7) is 7.77. The van der Waals surface area contributed by atoms with Crippen LogP contribution in [0.4, 0.5) is 0 Å². The third kappa shape index (κ3) is 7.31. The predicted octanol–water partition coefficient (Wildman–Crippen LogP) is 3.76. The first kappa shape index (κ1) is 26.4. The summed E-state index contributed by atoms with van der Waals surface area (Å²) in [5, 5.41) is 9.32. The molecule has 1 amide bonds. The molecule has 0 saturated heterocycles. The van der Waals surface area contributed by atoms with E-state index in [1.54, 1.807) is 55.1 Å². The largest absolute Gasteiger partial charge is 0.497 e. The van der Waals surface area contributed by atoms with Gasteiger partial charge in [-0.2, -0.15) is 4.31 Å². The fourth-order valence-corrected chi connectivity index (χ4v) is 4.84. The van der Waals surface area contributed by atoms with Crippen LogP contribution in [0.25, 0.3) is 0 Å². The van der Waals surface area contributed by atoms with Crippen molar-refractivity contribution in [2.45, 2.75) is 44.2 Å². The molecule has 0 aliphatic rings. The van der Waals surface area contributed by atoms with Gasteiger partial charge in [0.15, 0.2) is 0 Å². The molecule has 2 aromatic carbocycles. The molecule has 0 fully saturated rings. The molecule has 0 heterocycles. The summed E-state index contributed by atoms with van der Waals surface area (Å²) in [5.74, 6) is 0.378. The number of ether oxygens (including phenoxy) is 2. The topological polar surface area (TPSA) is 105 Å². The van der Waals surface area contributed by atoms with Crippen LogP contribution in [0.3, 0.4) is 0 Å². The molecule has 0 aliphatic carbocycles. The Hall–Kier alpha value is -2.88. The zero-order chi connectivity index (χ0) is 24.4. The lowest BCUT2D eigenvalue weighted by molar-refractivity contribution is -0.133. The number of hydrogen-bond donors (Lipinski definition) is 2. The van der Waals surface area contributed by atoms with Gasteiger partial charge in [-0.3, -0.25) is 10.0 Å². The summed E-state index contributed by atoms with van der Waals surface area (Å²) in [7, 11) is -2.56. The maximum Gasteiger partial charge on any atom is 0.261 e. The average molecular weight is 477 g/mol. The maximum atomic E-state index is 13.7. The highest BCUT2D eigenvalue weighted by atomic mass is 32.2. The van der Waals surface area contributed by atoms with Crippen molar-refractivity contribution in [2.75, 3.05) is 13.7 Å². The first-order valence-corrected chi connectivity index (χ1v) is 12.1. The van der Waals surface area contributed by atoms with E-state index in [4.69, 9.17) is 9.47 Å². The second-order valence-corrected chi connectivity index (χ2v) is 9.81. The Balaban J connectivity index is 2.44. The van der Waals surface area contributed by atoms with E-state index in [0.717, 1.165) is 4.31 Å². The summed E-state index contributed by atoms with van der Waals surface area (Å²) in [4.78, 5) is 12.6. The molecule has 33 heavy (non-hydrogen) atoms. The molecule has 8 nitrogen and oxygen atoms in total. The van der Waals surface area contributed by atoms with E-state index in [2.05, 4.69) is 6.58 Å². The fourth-order valence-electron chi connectivity index (χ4n) is 3.25. The highest BCUT2D eigenvalue weighted by Gasteiger charge is 2.36. The first-order valence-electron chi connectivity index (χ1n) is 10.7. The Bertz CT molecular complexity index is 1000. The predicted molar refractivity (Wildman–Crippen MR) is 126 cm³/mol. The van der Waals surface area contributed by atoms with Crippen molar-refractivity contribution in [3.05, 3.63) is 66.7 Å². The van der Waals surface area contributed by atoms with Crippen LogP contribution >= 0.6 is 0 Å². The molecule has 2 N–H and O–H groups in total. The lowest BCUT2D eigenvalue weighted by atomic mass is 10.0. The third-order valence-corrected chi connectivity index (χ3v) is 6.84. The van der Waals surface area contributed by atoms with Gasteiger partial charge < -0.3 is 9.47 Å². The molecule has 1 atom stereocenters. The molecule has 2 aromatic rings. The highest BCUT2D eigenvalue weighted by molar-refractivity contribution is 7.89. The zero-order valence-corrected chi connectivity index (χ0v) is 20.0. The standard InChI is InChI=1S/C24H32N2O6S/c1-5-6-15-32-21-11-13-22(14-12-21)33(29,30)26(23(16-18(2)3)24(27)25-28)17-19-7-9-20(31-4)10-8-19/h5,7-14,18,23,28H,1,6,15-17H2,2-4H3,(H,25,27)/t23-/m1/s1. The van der Waals surface area contributed by atoms with Gasteiger partial charge in [0.2, 0.25) is 10.0 Å². The van der Waals surface area contributed by atoms with Gasteiger partial charge in [0.05, 0.1) is 18.6 Å². The van der Waals surface area contributed by atoms with Crippen LogP contribution in [0.2, 0.25) is 0 Å². The van der Waals surface area contributed by atoms with Gasteiger partial charge in [0.1, 0.15) is 17.5 Å². The second kappa shape index (κ2) is 12.4. The fraction of sp³-hybridized carbons (Fsp3) is 0.375. The van der Waals surface area contributed by atoms with E-state index < -0.39 is 22.0 Å². The number of amides is 1. The first-order chi connectivity index (χ1) is 15.7. The molecule has 180 valence electrons. The molecule has 0 aliphatic heterocycles. The Morgan fingerprint density at radius 3 is 2.24 bits per heavy atom. The summed E-state index contributed by atoms with van der Waals surface area (Å²) in [5.41, 5.74) is 2.29. The number of carbonyl (C=O) groups is 1. The lowest BCUT2D eigenvalue weighted by Gasteiger charge is -2.30. The van der Waals surface area contributed by atoms with Crippen molar-refractivity contribution in [2.24, 2.45) is 5.92 Å². The quantitative estimate of drug-likeness (QED) is 0.197. The second-order valence-electron chi connectivity index (χ2n) is 7.92. The minimum Gasteiger partial charge on any atom is -0.497 e. The van der Waals surface area contributed by atoms with Crippen LogP contribution in [-0.4, -0.2) is 43.6 Å². The van der Waals surface area contributed by atoms with Crippen molar-refractivity contribution in [3.63, 3.8) is 0 Å². The number of nitrogens with zero attached hydrogens (tertiary/aromatic N) is 1. The Morgan fingerprint density at radius 2 is 1.73 bits per heavy atom. The molecule has 2 rings (SSSR count). The Morgan fingerprint density at radius 1 is 1.12 bits per heavy atom. The molecule has 0 bridgehead atoms. The number of hydroxylamine groups is 1. The number of sulfonamides is 1. The SMILES string of the molecule is C=CCCOc1ccc(S(=O)(=O)N(Cc2ccc(OC)cc2)[C@H](CC(C)C)C(=O)NO)cc1. The van der Waals surface area contributed by atoms with Crippen molar-refractivity contribution < 1.29 is 27.9 Å². The molecule has 0 aromatic heterocycles. The van der Waals surface area contributed by atoms with Gasteiger partial charge in [0.25, 0.3) is 5.91 Å². The van der Waals surface area contributed by atoms with Crippen molar-refractivity contribution in [1.29, 1.82) is 0 Å². The molecule has 0 unspecified atom stereocenters. The van der Waals surface area contributed by atoms with Gasteiger partial charge in [-0.25, -0.2) is 13.9 Å². The van der Waals surface area contributed by atoms with Crippen molar-refractivity contribution >= 4 is 15.9 Å². The Kier molecular flexibility index (Phi) is 9.90. The molecular formula is C24H32N2O6S. The molecule has 9 heteroatoms. The summed E-state index contributed by atoms with van der Waals surface area (Å²) >= 11 is 0. The summed E-state index contributed by atoms with van der Waals surface area (Å²) in [6.07, 6.45) is 2.63. The smallest absolute Gasteiger partial charge is 0.261 e. The number of hydrogen-bond acceptors (Lipinski definition) is 6. The van der Waals surface area contributed by atoms with Crippen LogP contribution in [0.15, 0.2) is 66.1 Å². The number of nitrogens with one attached hydrogen (secondary N) is 1. The Labute approximate surface area is 195 Å². The van der Waals surface area contributed by atoms with Gasteiger partial charge in [-0.05, 0) is 60.7 Å². The van der Waals surface area contributed by atoms with E-state index in [9.17, 15) is 18.4 Å². The normalized spacial score (nSPS) is 12.4. The number of methoxy groups -OCH3 is 1. The van der Waals surface area contributed by atoms with Crippen molar-refractivity contribution in [1.82, 2.24) is 9.79 Å². The van der Waals surface area contributed by atoms with Crippen LogP contribution in [0, 0.1) is 5.92 Å². The third-order valence-electron chi connectivity index (χ3n) is 4.97. The monoisotopic (exact) mass is 476 g/mol. The molecule has 0 spiro atoms. The van der Waals surface area contributed by atoms with E-state index >= 15 is 0 Å². The van der Waals surface area contributed by atoms with E-state index in [-0.39, 0.29) is 23.8 Å². The molecular weight excluding hydrogens is 444 g/mol. The van der Waals surface area contributed by atoms with E-state index in [1.807, 2.05) is 13.8 Å².